The fraction of sp³-hybridized carbons (Fsp3) is 0.625. The molecule has 4 rings (SSSR count). The summed E-state index contributed by atoms with van der Waals surface area (Å²) >= 11 is 0. The number of rotatable bonds is 3. The number of hydrogen-bond donors (Lipinski definition) is 1. The molecule has 8 nitrogen and oxygen atoms in total. The van der Waals surface area contributed by atoms with E-state index in [1.807, 2.05) is 0 Å². The molecular formula is C16H21N5O3. The number of carbonyl (C=O) groups is 1. The van der Waals surface area contributed by atoms with Crippen molar-refractivity contribution in [3.8, 4) is 0 Å². The summed E-state index contributed by atoms with van der Waals surface area (Å²) in [5, 5.41) is 14.7. The van der Waals surface area contributed by atoms with Crippen LogP contribution >= 0.6 is 0 Å². The number of hydrogen-bond acceptors (Lipinski definition) is 6. The van der Waals surface area contributed by atoms with E-state index in [1.54, 1.807) is 18.2 Å². The second-order valence-electron chi connectivity index (χ2n) is 6.48. The summed E-state index contributed by atoms with van der Waals surface area (Å²) in [6.07, 6.45) is 6.68. The van der Waals surface area contributed by atoms with Crippen LogP contribution in [0.15, 0.2) is 10.7 Å². The van der Waals surface area contributed by atoms with Gasteiger partial charge in [-0.1, -0.05) is 11.6 Å². The lowest BCUT2D eigenvalue weighted by Gasteiger charge is -2.14. The van der Waals surface area contributed by atoms with Gasteiger partial charge in [0.15, 0.2) is 5.69 Å². The van der Waals surface area contributed by atoms with Crippen molar-refractivity contribution in [1.82, 2.24) is 25.5 Å². The van der Waals surface area contributed by atoms with Crippen molar-refractivity contribution in [1.29, 1.82) is 0 Å². The molecule has 0 saturated carbocycles. The number of nitrogens with zero attached hydrogens (tertiary/aromatic N) is 4. The molecule has 1 N–H and O–H groups in total. The van der Waals surface area contributed by atoms with Gasteiger partial charge in [-0.25, -0.2) is 0 Å². The van der Waals surface area contributed by atoms with Crippen LogP contribution in [0.2, 0.25) is 0 Å². The summed E-state index contributed by atoms with van der Waals surface area (Å²) < 4.78 is 11.0. The summed E-state index contributed by atoms with van der Waals surface area (Å²) in [7, 11) is 1.66. The molecule has 1 aliphatic carbocycles. The molecule has 128 valence electrons. The molecule has 2 atom stereocenters. The summed E-state index contributed by atoms with van der Waals surface area (Å²) in [6.45, 7) is 1.07. The molecule has 2 aromatic heterocycles. The number of aromatic nitrogens is 4. The Morgan fingerprint density at radius 2 is 2.21 bits per heavy atom. The van der Waals surface area contributed by atoms with Crippen LogP contribution in [0.5, 0.6) is 0 Å². The van der Waals surface area contributed by atoms with Gasteiger partial charge in [-0.05, 0) is 19.3 Å². The Morgan fingerprint density at radius 1 is 1.33 bits per heavy atom. The highest BCUT2D eigenvalue weighted by Crippen LogP contribution is 2.30. The maximum atomic E-state index is 13.0. The van der Waals surface area contributed by atoms with E-state index in [9.17, 15) is 4.79 Å². The minimum absolute atomic E-state index is 0.0169. The Kier molecular flexibility index (Phi) is 4.05. The van der Waals surface area contributed by atoms with Crippen molar-refractivity contribution in [3.63, 3.8) is 0 Å². The molecule has 1 saturated heterocycles. The van der Waals surface area contributed by atoms with E-state index in [-0.39, 0.29) is 17.9 Å². The predicted molar refractivity (Wildman–Crippen MR) is 83.6 cm³/mol. The molecule has 1 aliphatic heterocycles. The number of ether oxygens (including phenoxy) is 1. The largest absolute Gasteiger partial charge is 0.379 e. The average Bonchev–Trinajstić information content (AvgIpc) is 3.30. The van der Waals surface area contributed by atoms with Crippen LogP contribution in [-0.2, 0) is 17.6 Å². The minimum atomic E-state index is -0.0930. The normalized spacial score (nSPS) is 24.0. The molecule has 0 spiro atoms. The van der Waals surface area contributed by atoms with Crippen LogP contribution in [0.25, 0.3) is 0 Å². The van der Waals surface area contributed by atoms with E-state index in [0.29, 0.717) is 18.8 Å². The Bertz CT molecular complexity index is 711. The van der Waals surface area contributed by atoms with Gasteiger partial charge in [0.1, 0.15) is 5.76 Å². The highest BCUT2D eigenvalue weighted by molar-refractivity contribution is 5.94. The van der Waals surface area contributed by atoms with Crippen LogP contribution in [0.3, 0.4) is 0 Å². The lowest BCUT2D eigenvalue weighted by Crippen LogP contribution is -2.30. The lowest BCUT2D eigenvalue weighted by atomic mass is 10.0. The molecule has 8 heteroatoms. The molecule has 1 amide bonds. The van der Waals surface area contributed by atoms with Gasteiger partial charge in [0, 0.05) is 32.2 Å². The van der Waals surface area contributed by atoms with Crippen LogP contribution in [0.4, 0.5) is 0 Å². The van der Waals surface area contributed by atoms with E-state index in [1.165, 1.54) is 6.42 Å². The Balaban J connectivity index is 1.56. The van der Waals surface area contributed by atoms with Crippen LogP contribution in [0.1, 0.15) is 52.7 Å². The van der Waals surface area contributed by atoms with Crippen LogP contribution < -0.4 is 0 Å². The SMILES string of the molecule is CO[C@@H]1CN(C(=O)c2noc3c2CCCCC3)C[C@H]1c1cn[nH]n1. The van der Waals surface area contributed by atoms with Crippen molar-refractivity contribution in [2.24, 2.45) is 0 Å². The summed E-state index contributed by atoms with van der Waals surface area (Å²) in [4.78, 5) is 14.8. The second-order valence-corrected chi connectivity index (χ2v) is 6.48. The van der Waals surface area contributed by atoms with E-state index >= 15 is 0 Å². The summed E-state index contributed by atoms with van der Waals surface area (Å²) in [5.41, 5.74) is 2.29. The van der Waals surface area contributed by atoms with Crippen LogP contribution in [0, 0.1) is 0 Å². The predicted octanol–water partition coefficient (Wildman–Crippen LogP) is 1.32. The lowest BCUT2D eigenvalue weighted by molar-refractivity contribution is 0.0704. The number of aromatic amines is 1. The Hall–Kier alpha value is -2.22. The zero-order valence-corrected chi connectivity index (χ0v) is 13.7. The van der Waals surface area contributed by atoms with Gasteiger partial charge in [0.25, 0.3) is 5.91 Å². The van der Waals surface area contributed by atoms with Gasteiger partial charge >= 0.3 is 0 Å². The smallest absolute Gasteiger partial charge is 0.276 e. The van der Waals surface area contributed by atoms with Crippen LogP contribution in [-0.4, -0.2) is 57.7 Å². The highest BCUT2D eigenvalue weighted by Gasteiger charge is 2.39. The number of nitrogens with one attached hydrogen (secondary N) is 1. The monoisotopic (exact) mass is 331 g/mol. The standard InChI is InChI=1S/C16H21N5O3/c1-23-14-9-21(8-11(14)12-7-17-20-18-12)16(22)15-10-5-3-2-4-6-13(10)24-19-15/h7,11,14H,2-6,8-9H2,1H3,(H,17,18,20)/t11-,14+/m0/s1. The van der Waals surface area contributed by atoms with Gasteiger partial charge in [0.2, 0.25) is 0 Å². The van der Waals surface area contributed by atoms with Crippen molar-refractivity contribution >= 4 is 5.91 Å². The van der Waals surface area contributed by atoms with Gasteiger partial charge in [-0.15, -0.1) is 0 Å². The summed E-state index contributed by atoms with van der Waals surface area (Å²) in [6, 6.07) is 0. The maximum Gasteiger partial charge on any atom is 0.276 e. The highest BCUT2D eigenvalue weighted by atomic mass is 16.5. The van der Waals surface area contributed by atoms with E-state index < -0.39 is 0 Å². The first kappa shape index (κ1) is 15.3. The Morgan fingerprint density at radius 3 is 3.00 bits per heavy atom. The Labute approximate surface area is 139 Å². The second kappa shape index (κ2) is 6.35. The zero-order chi connectivity index (χ0) is 16.5. The van der Waals surface area contributed by atoms with Gasteiger partial charge in [-0.2, -0.15) is 15.4 Å². The first-order valence-corrected chi connectivity index (χ1v) is 8.43. The van der Waals surface area contributed by atoms with E-state index in [2.05, 4.69) is 20.6 Å². The molecule has 24 heavy (non-hydrogen) atoms. The fourth-order valence-corrected chi connectivity index (χ4v) is 3.73. The number of fused-ring (bicyclic) bond motifs is 1. The molecule has 2 aromatic rings. The molecule has 0 bridgehead atoms. The number of aryl methyl sites for hydroxylation is 1. The van der Waals surface area contributed by atoms with Gasteiger partial charge < -0.3 is 14.2 Å². The first-order chi connectivity index (χ1) is 11.8. The average molecular weight is 331 g/mol. The topological polar surface area (TPSA) is 97.1 Å². The number of H-pyrrole nitrogens is 1. The van der Waals surface area contributed by atoms with Crippen molar-refractivity contribution in [3.05, 3.63) is 28.9 Å². The van der Waals surface area contributed by atoms with Crippen molar-refractivity contribution in [2.75, 3.05) is 20.2 Å². The van der Waals surface area contributed by atoms with Crippen molar-refractivity contribution in [2.45, 2.75) is 44.1 Å². The number of carbonyl (C=O) groups excluding carboxylic acids is 1. The molecule has 0 unspecified atom stereocenters. The molecular weight excluding hydrogens is 310 g/mol. The molecule has 3 heterocycles. The zero-order valence-electron chi connectivity index (χ0n) is 13.7. The number of methoxy groups -OCH3 is 1. The van der Waals surface area contributed by atoms with E-state index in [0.717, 1.165) is 42.7 Å². The molecule has 2 aliphatic rings. The maximum absolute atomic E-state index is 13.0. The molecule has 1 fully saturated rings. The third kappa shape index (κ3) is 2.60. The first-order valence-electron chi connectivity index (χ1n) is 8.43. The minimum Gasteiger partial charge on any atom is -0.379 e. The molecule has 0 radical (unpaired) electrons. The third-order valence-corrected chi connectivity index (χ3v) is 5.07. The summed E-state index contributed by atoms with van der Waals surface area (Å²) in [5.74, 6) is 0.824. The third-order valence-electron chi connectivity index (χ3n) is 5.07. The van der Waals surface area contributed by atoms with Gasteiger partial charge in [0.05, 0.1) is 23.9 Å². The van der Waals surface area contributed by atoms with E-state index in [4.69, 9.17) is 9.26 Å². The molecule has 0 aromatic carbocycles. The van der Waals surface area contributed by atoms with Crippen molar-refractivity contribution < 1.29 is 14.1 Å². The number of likely N-dealkylation sites (tertiary alicyclic amines) is 1. The van der Waals surface area contributed by atoms with Gasteiger partial charge in [-0.3, -0.25) is 4.79 Å². The fourth-order valence-electron chi connectivity index (χ4n) is 3.73. The quantitative estimate of drug-likeness (QED) is 0.852. The number of amides is 1.